The number of aliphatic imine (C=N–C) groups is 1. The van der Waals surface area contributed by atoms with Crippen molar-refractivity contribution in [3.63, 3.8) is 0 Å². The molecule has 32 heavy (non-hydrogen) atoms. The Hall–Kier alpha value is -3.35. The van der Waals surface area contributed by atoms with Gasteiger partial charge in [-0.05, 0) is 53.6 Å². The molecule has 0 saturated carbocycles. The number of hydrogen-bond acceptors (Lipinski definition) is 5. The summed E-state index contributed by atoms with van der Waals surface area (Å²) in [6, 6.07) is 16.3. The smallest absolute Gasteiger partial charge is 0.363 e. The number of cyclic esters (lactones) is 1. The lowest BCUT2D eigenvalue weighted by molar-refractivity contribution is -0.129. The second kappa shape index (κ2) is 9.42. The molecule has 0 bridgehead atoms. The van der Waals surface area contributed by atoms with Crippen LogP contribution in [0.25, 0.3) is 6.08 Å². The molecule has 1 heterocycles. The standard InChI is InChI=1S/C24H16Cl2FNO4/c1-30-22-12-14(7-9-21(22)31-13-15-6-8-17(25)18(26)10-15)11-20-24(29)32-23(28-20)16-4-2-3-5-19(16)27/h2-12H,13H2,1H3/b20-11-. The molecule has 162 valence electrons. The lowest BCUT2D eigenvalue weighted by Gasteiger charge is -2.12. The van der Waals surface area contributed by atoms with E-state index in [1.165, 1.54) is 25.3 Å². The van der Waals surface area contributed by atoms with E-state index in [0.717, 1.165) is 5.56 Å². The van der Waals surface area contributed by atoms with Crippen LogP contribution in [-0.4, -0.2) is 19.0 Å². The van der Waals surface area contributed by atoms with E-state index in [1.54, 1.807) is 42.5 Å². The van der Waals surface area contributed by atoms with Crippen molar-refractivity contribution in [1.82, 2.24) is 0 Å². The summed E-state index contributed by atoms with van der Waals surface area (Å²) in [7, 11) is 1.51. The molecule has 0 aromatic heterocycles. The third-order valence-electron chi connectivity index (χ3n) is 4.59. The van der Waals surface area contributed by atoms with E-state index in [0.29, 0.717) is 27.1 Å². The Balaban J connectivity index is 1.54. The topological polar surface area (TPSA) is 57.1 Å². The number of carbonyl (C=O) groups is 1. The molecule has 8 heteroatoms. The predicted molar refractivity (Wildman–Crippen MR) is 121 cm³/mol. The average molecular weight is 472 g/mol. The van der Waals surface area contributed by atoms with Gasteiger partial charge in [-0.25, -0.2) is 14.2 Å². The number of esters is 1. The highest BCUT2D eigenvalue weighted by molar-refractivity contribution is 6.42. The molecule has 1 aliphatic heterocycles. The molecule has 0 fully saturated rings. The van der Waals surface area contributed by atoms with E-state index in [2.05, 4.69) is 4.99 Å². The van der Waals surface area contributed by atoms with Crippen LogP contribution in [0.3, 0.4) is 0 Å². The number of halogens is 3. The maximum absolute atomic E-state index is 14.0. The normalized spacial score (nSPS) is 14.3. The Morgan fingerprint density at radius 1 is 1.03 bits per heavy atom. The van der Waals surface area contributed by atoms with Gasteiger partial charge in [0.15, 0.2) is 17.2 Å². The summed E-state index contributed by atoms with van der Waals surface area (Å²) < 4.78 is 30.3. The van der Waals surface area contributed by atoms with Crippen LogP contribution in [-0.2, 0) is 16.1 Å². The summed E-state index contributed by atoms with van der Waals surface area (Å²) in [4.78, 5) is 16.3. The minimum atomic E-state index is -0.665. The van der Waals surface area contributed by atoms with Gasteiger partial charge in [0.05, 0.1) is 22.7 Å². The van der Waals surface area contributed by atoms with Gasteiger partial charge in [-0.1, -0.05) is 47.5 Å². The van der Waals surface area contributed by atoms with Crippen LogP contribution in [0.2, 0.25) is 10.0 Å². The molecule has 0 saturated heterocycles. The minimum Gasteiger partial charge on any atom is -0.493 e. The highest BCUT2D eigenvalue weighted by Crippen LogP contribution is 2.31. The summed E-state index contributed by atoms with van der Waals surface area (Å²) in [6.07, 6.45) is 1.53. The van der Waals surface area contributed by atoms with E-state index in [4.69, 9.17) is 37.4 Å². The van der Waals surface area contributed by atoms with Gasteiger partial charge in [-0.15, -0.1) is 0 Å². The SMILES string of the molecule is COc1cc(/C=C2\N=C(c3ccccc3F)OC2=O)ccc1OCc1ccc(Cl)c(Cl)c1. The maximum Gasteiger partial charge on any atom is 0.363 e. The molecule has 3 aromatic carbocycles. The van der Waals surface area contributed by atoms with Gasteiger partial charge in [0.25, 0.3) is 0 Å². The molecular weight excluding hydrogens is 456 g/mol. The number of methoxy groups -OCH3 is 1. The Kier molecular flexibility index (Phi) is 6.44. The Labute approximate surface area is 193 Å². The van der Waals surface area contributed by atoms with Gasteiger partial charge in [0.2, 0.25) is 5.90 Å². The first-order chi connectivity index (χ1) is 15.4. The molecule has 5 nitrogen and oxygen atoms in total. The highest BCUT2D eigenvalue weighted by Gasteiger charge is 2.26. The quantitative estimate of drug-likeness (QED) is 0.323. The lowest BCUT2D eigenvalue weighted by atomic mass is 10.1. The Morgan fingerprint density at radius 2 is 1.84 bits per heavy atom. The first-order valence-electron chi connectivity index (χ1n) is 9.47. The molecule has 0 aliphatic carbocycles. The van der Waals surface area contributed by atoms with Crippen molar-refractivity contribution in [3.05, 3.63) is 98.9 Å². The van der Waals surface area contributed by atoms with Crippen molar-refractivity contribution >= 4 is 41.1 Å². The van der Waals surface area contributed by atoms with E-state index >= 15 is 0 Å². The zero-order valence-corrected chi connectivity index (χ0v) is 18.3. The van der Waals surface area contributed by atoms with Crippen LogP contribution in [0.15, 0.2) is 71.4 Å². The summed E-state index contributed by atoms with van der Waals surface area (Å²) in [5.41, 5.74) is 1.65. The van der Waals surface area contributed by atoms with E-state index in [9.17, 15) is 9.18 Å². The summed E-state index contributed by atoms with van der Waals surface area (Å²) in [5, 5.41) is 0.914. The van der Waals surface area contributed by atoms with Crippen LogP contribution in [0.5, 0.6) is 11.5 Å². The number of carbonyl (C=O) groups excluding carboxylic acids is 1. The molecule has 0 radical (unpaired) electrons. The fourth-order valence-corrected chi connectivity index (χ4v) is 3.32. The summed E-state index contributed by atoms with van der Waals surface area (Å²) in [6.45, 7) is 0.260. The number of benzene rings is 3. The molecule has 0 spiro atoms. The van der Waals surface area contributed by atoms with Crippen LogP contribution in [0.4, 0.5) is 4.39 Å². The number of rotatable bonds is 6. The number of hydrogen-bond donors (Lipinski definition) is 0. The first-order valence-corrected chi connectivity index (χ1v) is 10.2. The average Bonchev–Trinajstić information content (AvgIpc) is 3.15. The van der Waals surface area contributed by atoms with Gasteiger partial charge in [0.1, 0.15) is 12.4 Å². The van der Waals surface area contributed by atoms with Gasteiger partial charge in [-0.2, -0.15) is 0 Å². The van der Waals surface area contributed by atoms with Crippen molar-refractivity contribution in [1.29, 1.82) is 0 Å². The van der Waals surface area contributed by atoms with Crippen molar-refractivity contribution in [3.8, 4) is 11.5 Å². The van der Waals surface area contributed by atoms with Crippen LogP contribution >= 0.6 is 23.2 Å². The third kappa shape index (κ3) is 4.77. The highest BCUT2D eigenvalue weighted by atomic mass is 35.5. The van der Waals surface area contributed by atoms with Crippen molar-refractivity contribution in [2.24, 2.45) is 4.99 Å². The molecule has 4 rings (SSSR count). The first kappa shape index (κ1) is 21.9. The minimum absolute atomic E-state index is 0.0507. The van der Waals surface area contributed by atoms with Crippen molar-refractivity contribution < 1.29 is 23.4 Å². The van der Waals surface area contributed by atoms with Crippen molar-refractivity contribution in [2.75, 3.05) is 7.11 Å². The fourth-order valence-electron chi connectivity index (χ4n) is 3.00. The van der Waals surface area contributed by atoms with Crippen LogP contribution < -0.4 is 9.47 Å². The van der Waals surface area contributed by atoms with Crippen LogP contribution in [0.1, 0.15) is 16.7 Å². The zero-order chi connectivity index (χ0) is 22.7. The van der Waals surface area contributed by atoms with Gasteiger partial charge in [0, 0.05) is 0 Å². The van der Waals surface area contributed by atoms with Gasteiger partial charge >= 0.3 is 5.97 Å². The third-order valence-corrected chi connectivity index (χ3v) is 5.33. The zero-order valence-electron chi connectivity index (χ0n) is 16.8. The summed E-state index contributed by atoms with van der Waals surface area (Å²) >= 11 is 12.0. The molecule has 1 aliphatic rings. The molecule has 0 unspecified atom stereocenters. The second-order valence-corrected chi connectivity index (χ2v) is 7.58. The summed E-state index contributed by atoms with van der Waals surface area (Å²) in [5.74, 6) is -0.296. The maximum atomic E-state index is 14.0. The molecular formula is C24H16Cl2FNO4. The lowest BCUT2D eigenvalue weighted by Crippen LogP contribution is -2.07. The molecule has 0 amide bonds. The van der Waals surface area contributed by atoms with Crippen LogP contribution in [0, 0.1) is 5.82 Å². The monoisotopic (exact) mass is 471 g/mol. The van der Waals surface area contributed by atoms with Gasteiger partial charge < -0.3 is 14.2 Å². The number of nitrogens with zero attached hydrogens (tertiary/aromatic N) is 1. The largest absolute Gasteiger partial charge is 0.493 e. The predicted octanol–water partition coefficient (Wildman–Crippen LogP) is 6.06. The van der Waals surface area contributed by atoms with E-state index in [-0.39, 0.29) is 23.8 Å². The Morgan fingerprint density at radius 3 is 2.59 bits per heavy atom. The number of ether oxygens (including phenoxy) is 3. The molecule has 0 N–H and O–H groups in total. The molecule has 3 aromatic rings. The second-order valence-electron chi connectivity index (χ2n) is 6.76. The molecule has 0 atom stereocenters. The Bertz CT molecular complexity index is 1260. The van der Waals surface area contributed by atoms with E-state index < -0.39 is 11.8 Å². The van der Waals surface area contributed by atoms with E-state index in [1.807, 2.05) is 6.07 Å². The fraction of sp³-hybridized carbons (Fsp3) is 0.0833. The van der Waals surface area contributed by atoms with Gasteiger partial charge in [-0.3, -0.25) is 0 Å². The van der Waals surface area contributed by atoms with Crippen molar-refractivity contribution in [2.45, 2.75) is 6.61 Å².